The molecule has 21 heavy (non-hydrogen) atoms. The maximum absolute atomic E-state index is 12.2. The van der Waals surface area contributed by atoms with Crippen molar-refractivity contribution in [2.24, 2.45) is 0 Å². The number of aromatic nitrogens is 3. The Hall–Kier alpha value is -2.21. The lowest BCUT2D eigenvalue weighted by molar-refractivity contribution is 0.0930. The number of carbonyl (C=O) groups is 1. The number of hydrogen-bond acceptors (Lipinski definition) is 4. The van der Waals surface area contributed by atoms with Gasteiger partial charge in [-0.25, -0.2) is 0 Å². The first kappa shape index (κ1) is 15.2. The molecule has 0 saturated carbocycles. The zero-order valence-electron chi connectivity index (χ0n) is 12.5. The van der Waals surface area contributed by atoms with Gasteiger partial charge >= 0.3 is 0 Å². The summed E-state index contributed by atoms with van der Waals surface area (Å²) in [5, 5.41) is 20.6. The van der Waals surface area contributed by atoms with Crippen molar-refractivity contribution < 1.29 is 9.90 Å². The van der Waals surface area contributed by atoms with Crippen LogP contribution in [0.25, 0.3) is 5.69 Å². The van der Waals surface area contributed by atoms with E-state index in [9.17, 15) is 9.90 Å². The van der Waals surface area contributed by atoms with Gasteiger partial charge in [0.05, 0.1) is 12.3 Å². The van der Waals surface area contributed by atoms with Crippen molar-refractivity contribution in [3.63, 3.8) is 0 Å². The summed E-state index contributed by atoms with van der Waals surface area (Å²) in [7, 11) is 0. The van der Waals surface area contributed by atoms with Gasteiger partial charge in [-0.15, -0.1) is 10.2 Å². The number of carbonyl (C=O) groups excluding carboxylic acids is 1. The third-order valence-corrected chi connectivity index (χ3v) is 3.30. The quantitative estimate of drug-likeness (QED) is 0.875. The summed E-state index contributed by atoms with van der Waals surface area (Å²) in [6.45, 7) is 5.57. The molecule has 1 aromatic heterocycles. The third-order valence-electron chi connectivity index (χ3n) is 3.30. The van der Waals surface area contributed by atoms with Gasteiger partial charge in [-0.05, 0) is 32.4 Å². The Morgan fingerprint density at radius 2 is 2.00 bits per heavy atom. The highest BCUT2D eigenvalue weighted by molar-refractivity contribution is 5.93. The normalized spacial score (nSPS) is 12.2. The highest BCUT2D eigenvalue weighted by Gasteiger charge is 2.19. The first-order valence-electron chi connectivity index (χ1n) is 7.00. The molecular formula is C15H20N4O2. The van der Waals surface area contributed by atoms with Gasteiger partial charge in [-0.3, -0.25) is 4.79 Å². The van der Waals surface area contributed by atoms with Gasteiger partial charge in [0, 0.05) is 6.04 Å². The summed E-state index contributed by atoms with van der Waals surface area (Å²) in [4.78, 5) is 13.5. The van der Waals surface area contributed by atoms with Crippen molar-refractivity contribution >= 4 is 5.91 Å². The number of nitrogens with zero attached hydrogens (tertiary/aromatic N) is 3. The zero-order chi connectivity index (χ0) is 15.4. The molecule has 1 atom stereocenters. The van der Waals surface area contributed by atoms with Gasteiger partial charge in [0.15, 0.2) is 5.69 Å². The van der Waals surface area contributed by atoms with E-state index in [1.807, 2.05) is 45.0 Å². The van der Waals surface area contributed by atoms with Crippen molar-refractivity contribution in [1.82, 2.24) is 20.3 Å². The summed E-state index contributed by atoms with van der Waals surface area (Å²) >= 11 is 0. The molecule has 0 aliphatic carbocycles. The molecule has 1 heterocycles. The van der Waals surface area contributed by atoms with Crippen LogP contribution in [0.15, 0.2) is 24.3 Å². The van der Waals surface area contributed by atoms with Crippen LogP contribution in [0.1, 0.15) is 42.0 Å². The second kappa shape index (κ2) is 6.49. The number of benzene rings is 1. The summed E-state index contributed by atoms with van der Waals surface area (Å²) in [6.07, 6.45) is 0.826. The van der Waals surface area contributed by atoms with Crippen LogP contribution in [-0.2, 0) is 6.61 Å². The molecule has 0 saturated heterocycles. The van der Waals surface area contributed by atoms with E-state index in [-0.39, 0.29) is 29.9 Å². The summed E-state index contributed by atoms with van der Waals surface area (Å²) < 4.78 is 0. The number of aliphatic hydroxyl groups excluding tert-OH is 1. The van der Waals surface area contributed by atoms with Gasteiger partial charge < -0.3 is 10.4 Å². The lowest BCUT2D eigenvalue weighted by Crippen LogP contribution is -2.32. The second-order valence-electron chi connectivity index (χ2n) is 5.06. The molecular weight excluding hydrogens is 268 g/mol. The van der Waals surface area contributed by atoms with Crippen LogP contribution < -0.4 is 5.32 Å². The topological polar surface area (TPSA) is 80.0 Å². The molecule has 6 nitrogen and oxygen atoms in total. The van der Waals surface area contributed by atoms with E-state index in [4.69, 9.17) is 0 Å². The summed E-state index contributed by atoms with van der Waals surface area (Å²) in [5.41, 5.74) is 2.32. The van der Waals surface area contributed by atoms with E-state index in [2.05, 4.69) is 15.5 Å². The SMILES string of the molecule is CC[C@@H](C)NC(=O)c1nn(-c2ccc(C)cc2)nc1CO. The predicted molar refractivity (Wildman–Crippen MR) is 79.2 cm³/mol. The third kappa shape index (κ3) is 3.46. The molecule has 0 radical (unpaired) electrons. The molecule has 2 N–H and O–H groups in total. The fraction of sp³-hybridized carbons (Fsp3) is 0.400. The molecule has 0 fully saturated rings. The average Bonchev–Trinajstić information content (AvgIpc) is 2.92. The maximum atomic E-state index is 12.2. The van der Waals surface area contributed by atoms with Crippen LogP contribution in [0.4, 0.5) is 0 Å². The van der Waals surface area contributed by atoms with E-state index in [1.165, 1.54) is 4.80 Å². The van der Waals surface area contributed by atoms with Gasteiger partial charge in [0.1, 0.15) is 5.69 Å². The maximum Gasteiger partial charge on any atom is 0.274 e. The van der Waals surface area contributed by atoms with Gasteiger partial charge in [0.25, 0.3) is 5.91 Å². The molecule has 112 valence electrons. The van der Waals surface area contributed by atoms with E-state index in [0.29, 0.717) is 0 Å². The van der Waals surface area contributed by atoms with Crippen molar-refractivity contribution in [1.29, 1.82) is 0 Å². The number of hydrogen-bond donors (Lipinski definition) is 2. The summed E-state index contributed by atoms with van der Waals surface area (Å²) in [5.74, 6) is -0.313. The van der Waals surface area contributed by atoms with E-state index in [0.717, 1.165) is 17.7 Å². The molecule has 1 amide bonds. The lowest BCUT2D eigenvalue weighted by Gasteiger charge is -2.09. The Kier molecular flexibility index (Phi) is 4.70. The van der Waals surface area contributed by atoms with Gasteiger partial charge in [0.2, 0.25) is 0 Å². The molecule has 1 aromatic carbocycles. The first-order chi connectivity index (χ1) is 10.0. The molecule has 2 aromatic rings. The minimum absolute atomic E-state index is 0.0496. The van der Waals surface area contributed by atoms with E-state index < -0.39 is 0 Å². The number of rotatable bonds is 5. The van der Waals surface area contributed by atoms with Crippen molar-refractivity contribution in [3.8, 4) is 5.69 Å². The standard InChI is InChI=1S/C15H20N4O2/c1-4-11(3)16-15(21)14-13(9-20)17-19(18-14)12-7-5-10(2)6-8-12/h5-8,11,20H,4,9H2,1-3H3,(H,16,21)/t11-/m1/s1. The number of amides is 1. The molecule has 6 heteroatoms. The molecule has 2 rings (SSSR count). The Morgan fingerprint density at radius 1 is 1.33 bits per heavy atom. The molecule has 0 bridgehead atoms. The smallest absolute Gasteiger partial charge is 0.274 e. The minimum Gasteiger partial charge on any atom is -0.390 e. The van der Waals surface area contributed by atoms with Crippen LogP contribution >= 0.6 is 0 Å². The minimum atomic E-state index is -0.324. The number of nitrogens with one attached hydrogen (secondary N) is 1. The van der Waals surface area contributed by atoms with Gasteiger partial charge in [-0.2, -0.15) is 4.80 Å². The molecule has 0 aliphatic rings. The van der Waals surface area contributed by atoms with Crippen LogP contribution in [0.5, 0.6) is 0 Å². The van der Waals surface area contributed by atoms with Crippen LogP contribution in [0, 0.1) is 6.92 Å². The first-order valence-corrected chi connectivity index (χ1v) is 7.00. The predicted octanol–water partition coefficient (Wildman–Crippen LogP) is 1.60. The fourth-order valence-corrected chi connectivity index (χ4v) is 1.81. The molecule has 0 spiro atoms. The van der Waals surface area contributed by atoms with E-state index >= 15 is 0 Å². The Balaban J connectivity index is 2.31. The summed E-state index contributed by atoms with van der Waals surface area (Å²) in [6, 6.07) is 7.67. The van der Waals surface area contributed by atoms with Gasteiger partial charge in [-0.1, -0.05) is 24.6 Å². The van der Waals surface area contributed by atoms with E-state index in [1.54, 1.807) is 0 Å². The van der Waals surface area contributed by atoms with Crippen molar-refractivity contribution in [2.45, 2.75) is 39.8 Å². The number of aryl methyl sites for hydroxylation is 1. The Morgan fingerprint density at radius 3 is 2.57 bits per heavy atom. The van der Waals surface area contributed by atoms with Crippen LogP contribution in [-0.4, -0.2) is 32.0 Å². The number of aliphatic hydroxyl groups is 1. The molecule has 0 aliphatic heterocycles. The largest absolute Gasteiger partial charge is 0.390 e. The zero-order valence-corrected chi connectivity index (χ0v) is 12.5. The van der Waals surface area contributed by atoms with Crippen LogP contribution in [0.3, 0.4) is 0 Å². The monoisotopic (exact) mass is 288 g/mol. The average molecular weight is 288 g/mol. The van der Waals surface area contributed by atoms with Crippen molar-refractivity contribution in [3.05, 3.63) is 41.2 Å². The highest BCUT2D eigenvalue weighted by atomic mass is 16.3. The van der Waals surface area contributed by atoms with Crippen LogP contribution in [0.2, 0.25) is 0 Å². The Labute approximate surface area is 123 Å². The second-order valence-corrected chi connectivity index (χ2v) is 5.06. The Bertz CT molecular complexity index is 619. The molecule has 0 unspecified atom stereocenters. The highest BCUT2D eigenvalue weighted by Crippen LogP contribution is 2.11. The van der Waals surface area contributed by atoms with Crippen molar-refractivity contribution in [2.75, 3.05) is 0 Å². The fourth-order valence-electron chi connectivity index (χ4n) is 1.81. The lowest BCUT2D eigenvalue weighted by atomic mass is 10.2.